The number of rotatable bonds is 12. The lowest BCUT2D eigenvalue weighted by molar-refractivity contribution is -0.130. The second-order valence-corrected chi connectivity index (χ2v) is 11.0. The van der Waals surface area contributed by atoms with Crippen molar-refractivity contribution in [2.75, 3.05) is 13.2 Å². The predicted octanol–water partition coefficient (Wildman–Crippen LogP) is 5.81. The Morgan fingerprint density at radius 1 is 1.00 bits per heavy atom. The first kappa shape index (κ1) is 30.3. The molecule has 1 aliphatic heterocycles. The molecule has 0 saturated carbocycles. The van der Waals surface area contributed by atoms with Gasteiger partial charge in [-0.1, -0.05) is 58.4 Å². The third kappa shape index (κ3) is 7.27. The molecule has 0 fully saturated rings. The molecule has 43 heavy (non-hydrogen) atoms. The summed E-state index contributed by atoms with van der Waals surface area (Å²) >= 11 is 3.47. The number of aliphatic imine (C=N–C) groups is 1. The molecular weight excluding hydrogens is 620 g/mol. The number of aliphatic hydroxyl groups is 1. The van der Waals surface area contributed by atoms with Crippen LogP contribution in [0.1, 0.15) is 34.8 Å². The lowest BCUT2D eigenvalue weighted by Gasteiger charge is -2.31. The predicted molar refractivity (Wildman–Crippen MR) is 162 cm³/mol. The van der Waals surface area contributed by atoms with Gasteiger partial charge in [0.2, 0.25) is 5.90 Å². The molecule has 0 aliphatic carbocycles. The van der Waals surface area contributed by atoms with E-state index in [0.29, 0.717) is 24.3 Å². The number of carbonyl (C=O) groups excluding carboxylic acids is 1. The van der Waals surface area contributed by atoms with Crippen molar-refractivity contribution in [1.82, 2.24) is 10.9 Å². The van der Waals surface area contributed by atoms with E-state index in [1.54, 1.807) is 24.3 Å². The molecule has 4 aromatic rings. The van der Waals surface area contributed by atoms with Crippen molar-refractivity contribution in [3.8, 4) is 5.75 Å². The van der Waals surface area contributed by atoms with E-state index in [1.807, 2.05) is 54.6 Å². The Bertz CT molecular complexity index is 1570. The summed E-state index contributed by atoms with van der Waals surface area (Å²) in [5.74, 6) is -0.772. The maximum atomic E-state index is 14.2. The van der Waals surface area contributed by atoms with Crippen LogP contribution >= 0.6 is 15.9 Å². The third-order valence-corrected chi connectivity index (χ3v) is 7.54. The fraction of sp³-hybridized carbons (Fsp3) is 0.212. The number of ether oxygens (including phenoxy) is 2. The highest BCUT2D eigenvalue weighted by molar-refractivity contribution is 9.10. The average molecular weight is 651 g/mol. The number of hydrazine groups is 1. The number of carbonyl (C=O) groups is 1. The van der Waals surface area contributed by atoms with Gasteiger partial charge in [-0.25, -0.2) is 19.2 Å². The second-order valence-electron chi connectivity index (χ2n) is 10.0. The lowest BCUT2D eigenvalue weighted by atomic mass is 9.82. The van der Waals surface area contributed by atoms with Crippen LogP contribution in [-0.4, -0.2) is 35.7 Å². The van der Waals surface area contributed by atoms with E-state index in [2.05, 4.69) is 26.8 Å². The van der Waals surface area contributed by atoms with Crippen molar-refractivity contribution in [2.45, 2.75) is 31.0 Å². The van der Waals surface area contributed by atoms with Gasteiger partial charge >= 0.3 is 0 Å². The minimum atomic E-state index is -1.46. The molecular formula is C33H30BrF2N3O4. The zero-order valence-corrected chi connectivity index (χ0v) is 24.7. The van der Waals surface area contributed by atoms with Crippen molar-refractivity contribution in [3.63, 3.8) is 0 Å². The number of amides is 1. The number of aliphatic hydroxyl groups excluding tert-OH is 1. The summed E-state index contributed by atoms with van der Waals surface area (Å²) in [5.41, 5.74) is 6.28. The van der Waals surface area contributed by atoms with Crippen LogP contribution in [-0.2, 0) is 22.5 Å². The van der Waals surface area contributed by atoms with E-state index >= 15 is 0 Å². The van der Waals surface area contributed by atoms with Crippen LogP contribution in [0.4, 0.5) is 8.78 Å². The summed E-state index contributed by atoms with van der Waals surface area (Å²) in [6, 6.07) is 27.3. The van der Waals surface area contributed by atoms with E-state index in [1.165, 1.54) is 0 Å². The van der Waals surface area contributed by atoms with Gasteiger partial charge in [-0.2, -0.15) is 0 Å². The van der Waals surface area contributed by atoms with E-state index < -0.39 is 29.2 Å². The Labute approximate surface area is 256 Å². The minimum Gasteiger partial charge on any atom is -0.494 e. The molecule has 0 aromatic heterocycles. The molecule has 0 radical (unpaired) electrons. The van der Waals surface area contributed by atoms with Gasteiger partial charge in [0, 0.05) is 41.6 Å². The van der Waals surface area contributed by atoms with Crippen LogP contribution in [0.25, 0.3) is 0 Å². The monoisotopic (exact) mass is 649 g/mol. The summed E-state index contributed by atoms with van der Waals surface area (Å²) in [6.07, 6.45) is -0.102. The van der Waals surface area contributed by atoms with Gasteiger partial charge in [-0.15, -0.1) is 0 Å². The Morgan fingerprint density at radius 2 is 1.74 bits per heavy atom. The lowest BCUT2D eigenvalue weighted by Crippen LogP contribution is -2.53. The largest absolute Gasteiger partial charge is 0.494 e. The second kappa shape index (κ2) is 13.9. The number of nitrogens with zero attached hydrogens (tertiary/aromatic N) is 1. The normalized spacial score (nSPS) is 17.7. The summed E-state index contributed by atoms with van der Waals surface area (Å²) in [7, 11) is 0. The topological polar surface area (TPSA) is 92.2 Å². The molecule has 7 nitrogen and oxygen atoms in total. The van der Waals surface area contributed by atoms with Crippen LogP contribution < -0.4 is 15.6 Å². The fourth-order valence-electron chi connectivity index (χ4n) is 4.83. The zero-order valence-electron chi connectivity index (χ0n) is 23.1. The summed E-state index contributed by atoms with van der Waals surface area (Å²) in [4.78, 5) is 19.1. The van der Waals surface area contributed by atoms with Crippen LogP contribution in [0.15, 0.2) is 107 Å². The van der Waals surface area contributed by atoms with Gasteiger partial charge in [0.05, 0.1) is 6.61 Å². The van der Waals surface area contributed by atoms with Crippen molar-refractivity contribution in [1.29, 1.82) is 0 Å². The fourth-order valence-corrected chi connectivity index (χ4v) is 5.10. The van der Waals surface area contributed by atoms with Gasteiger partial charge in [-0.05, 0) is 65.7 Å². The molecule has 0 saturated heterocycles. The first-order valence-electron chi connectivity index (χ1n) is 13.8. The van der Waals surface area contributed by atoms with Crippen molar-refractivity contribution in [2.24, 2.45) is 4.99 Å². The molecule has 4 aromatic carbocycles. The molecule has 1 aliphatic rings. The minimum absolute atomic E-state index is 0.0395. The Morgan fingerprint density at radius 3 is 2.47 bits per heavy atom. The number of nitrogens with one attached hydrogen (secondary N) is 2. The van der Waals surface area contributed by atoms with Crippen molar-refractivity contribution < 1.29 is 28.2 Å². The highest BCUT2D eigenvalue weighted by Gasteiger charge is 2.53. The van der Waals surface area contributed by atoms with E-state index in [0.717, 1.165) is 33.8 Å². The van der Waals surface area contributed by atoms with E-state index in [-0.39, 0.29) is 31.0 Å². The van der Waals surface area contributed by atoms with Gasteiger partial charge in [0.25, 0.3) is 5.91 Å². The molecule has 3 N–H and O–H groups in total. The zero-order chi connectivity index (χ0) is 30.2. The van der Waals surface area contributed by atoms with E-state index in [9.17, 15) is 13.6 Å². The number of hydrogen-bond donors (Lipinski definition) is 3. The average Bonchev–Trinajstić information content (AvgIpc) is 3.40. The van der Waals surface area contributed by atoms with Gasteiger partial charge in [0.15, 0.2) is 11.6 Å². The van der Waals surface area contributed by atoms with Crippen LogP contribution in [0.3, 0.4) is 0 Å². The molecule has 0 spiro atoms. The maximum absolute atomic E-state index is 14.2. The van der Waals surface area contributed by atoms with Crippen LogP contribution in [0, 0.1) is 11.6 Å². The number of benzene rings is 4. The first-order chi connectivity index (χ1) is 20.9. The standard InChI is InChI=1S/C33H30BrF2N3O4/c34-26-11-7-23(8-12-26)30-33(20-22-5-2-1-3-6-22,32(41)39-37-21-25-19-27(35)13-16-29(25)36)38-31(43-30)24-9-14-28(15-10-24)42-18-4-17-40/h1-3,5-16,19,30,37,40H,4,17-18,20-21H2,(H,39,41)/t30-,33-/m0/s1. The van der Waals surface area contributed by atoms with E-state index in [4.69, 9.17) is 19.6 Å². The molecule has 1 amide bonds. The molecule has 2 atom stereocenters. The van der Waals surface area contributed by atoms with Crippen molar-refractivity contribution in [3.05, 3.63) is 135 Å². The molecule has 0 bridgehead atoms. The Hall–Kier alpha value is -4.12. The summed E-state index contributed by atoms with van der Waals surface area (Å²) in [5, 5.41) is 9.02. The third-order valence-electron chi connectivity index (χ3n) is 7.01. The first-order valence-corrected chi connectivity index (χ1v) is 14.5. The quantitative estimate of drug-likeness (QED) is 0.133. The van der Waals surface area contributed by atoms with Crippen LogP contribution in [0.5, 0.6) is 5.75 Å². The molecule has 222 valence electrons. The SMILES string of the molecule is O=C(NNCc1cc(F)ccc1F)[C@@]1(Cc2ccccc2)N=C(c2ccc(OCCCO)cc2)O[C@H]1c1ccc(Br)cc1. The molecule has 0 unspecified atom stereocenters. The molecule has 1 heterocycles. The summed E-state index contributed by atoms with van der Waals surface area (Å²) in [6.45, 7) is 0.276. The van der Waals surface area contributed by atoms with Gasteiger partial charge in [0.1, 0.15) is 17.4 Å². The summed E-state index contributed by atoms with van der Waals surface area (Å²) < 4.78 is 41.0. The maximum Gasteiger partial charge on any atom is 0.266 e. The van der Waals surface area contributed by atoms with Gasteiger partial charge < -0.3 is 14.6 Å². The molecule has 5 rings (SSSR count). The number of halogens is 3. The van der Waals surface area contributed by atoms with Crippen molar-refractivity contribution >= 4 is 27.7 Å². The molecule has 10 heteroatoms. The highest BCUT2D eigenvalue weighted by atomic mass is 79.9. The number of hydrogen-bond acceptors (Lipinski definition) is 6. The smallest absolute Gasteiger partial charge is 0.266 e. The van der Waals surface area contributed by atoms with Crippen LogP contribution in [0.2, 0.25) is 0 Å². The Balaban J connectivity index is 1.50. The Kier molecular flexibility index (Phi) is 9.81. The van der Waals surface area contributed by atoms with Gasteiger partial charge in [-0.3, -0.25) is 10.2 Å². The highest BCUT2D eigenvalue weighted by Crippen LogP contribution is 2.42.